The first-order chi connectivity index (χ1) is 15.4. The van der Waals surface area contributed by atoms with Gasteiger partial charge in [0.25, 0.3) is 0 Å². The summed E-state index contributed by atoms with van der Waals surface area (Å²) in [6, 6.07) is 4.28. The maximum Gasteiger partial charge on any atom is 0.573 e. The SMILES string of the molecule is CC(C)N(Cc1cnn(C)c1)C(=O)C1CCN(S(=O)(=O)c2cccc(OC(F)(F)F)c2)CC1. The van der Waals surface area contributed by atoms with Crippen molar-refractivity contribution in [3.63, 3.8) is 0 Å². The largest absolute Gasteiger partial charge is 0.573 e. The number of rotatable bonds is 7. The highest BCUT2D eigenvalue weighted by Gasteiger charge is 2.35. The second-order valence-corrected chi connectivity index (χ2v) is 10.2. The molecule has 0 bridgehead atoms. The van der Waals surface area contributed by atoms with Crippen LogP contribution in [0.3, 0.4) is 0 Å². The molecule has 0 atom stereocenters. The molecule has 1 aromatic carbocycles. The average Bonchev–Trinajstić information content (AvgIpc) is 3.15. The van der Waals surface area contributed by atoms with Crippen molar-refractivity contribution < 1.29 is 31.1 Å². The fraction of sp³-hybridized carbons (Fsp3) is 0.524. The molecule has 1 aliphatic rings. The maximum absolute atomic E-state index is 13.2. The van der Waals surface area contributed by atoms with E-state index in [1.54, 1.807) is 22.8 Å². The molecular weight excluding hydrogens is 461 g/mol. The number of benzene rings is 1. The second-order valence-electron chi connectivity index (χ2n) is 8.28. The molecule has 1 amide bonds. The number of piperidine rings is 1. The zero-order valence-corrected chi connectivity index (χ0v) is 19.4. The molecular formula is C21H27F3N4O4S. The van der Waals surface area contributed by atoms with E-state index in [9.17, 15) is 26.4 Å². The summed E-state index contributed by atoms with van der Waals surface area (Å²) < 4.78 is 70.0. The third-order valence-electron chi connectivity index (χ3n) is 5.50. The van der Waals surface area contributed by atoms with Gasteiger partial charge in [-0.1, -0.05) is 6.07 Å². The zero-order valence-electron chi connectivity index (χ0n) is 18.6. The highest BCUT2D eigenvalue weighted by Crippen LogP contribution is 2.29. The minimum absolute atomic E-state index is 0.0455. The second kappa shape index (κ2) is 9.72. The van der Waals surface area contributed by atoms with E-state index in [-0.39, 0.29) is 35.9 Å². The molecule has 12 heteroatoms. The Morgan fingerprint density at radius 2 is 1.94 bits per heavy atom. The predicted octanol–water partition coefficient (Wildman–Crippen LogP) is 3.16. The number of carbonyl (C=O) groups is 1. The molecule has 8 nitrogen and oxygen atoms in total. The molecule has 1 fully saturated rings. The fourth-order valence-corrected chi connectivity index (χ4v) is 5.33. The van der Waals surface area contributed by atoms with Crippen LogP contribution in [0.5, 0.6) is 5.75 Å². The van der Waals surface area contributed by atoms with E-state index >= 15 is 0 Å². The third kappa shape index (κ3) is 6.26. The van der Waals surface area contributed by atoms with Crippen molar-refractivity contribution in [2.75, 3.05) is 13.1 Å². The van der Waals surface area contributed by atoms with Crippen LogP contribution >= 0.6 is 0 Å². The number of aryl methyl sites for hydroxylation is 1. The van der Waals surface area contributed by atoms with Crippen LogP contribution in [-0.2, 0) is 28.4 Å². The highest BCUT2D eigenvalue weighted by atomic mass is 32.2. The predicted molar refractivity (Wildman–Crippen MR) is 114 cm³/mol. The number of hydrogen-bond donors (Lipinski definition) is 0. The number of ether oxygens (including phenoxy) is 1. The van der Waals surface area contributed by atoms with Crippen LogP contribution < -0.4 is 4.74 Å². The molecule has 0 unspecified atom stereocenters. The Kier molecular flexibility index (Phi) is 7.37. The summed E-state index contributed by atoms with van der Waals surface area (Å²) in [4.78, 5) is 14.6. The highest BCUT2D eigenvalue weighted by molar-refractivity contribution is 7.89. The van der Waals surface area contributed by atoms with Crippen molar-refractivity contribution in [2.45, 2.75) is 50.5 Å². The Hall–Kier alpha value is -2.60. The lowest BCUT2D eigenvalue weighted by atomic mass is 9.96. The lowest BCUT2D eigenvalue weighted by Gasteiger charge is -2.35. The first-order valence-corrected chi connectivity index (χ1v) is 11.9. The third-order valence-corrected chi connectivity index (χ3v) is 7.39. The number of carbonyl (C=O) groups excluding carboxylic acids is 1. The lowest BCUT2D eigenvalue weighted by molar-refractivity contribution is -0.274. The minimum atomic E-state index is -4.92. The van der Waals surface area contributed by atoms with Gasteiger partial charge in [0.15, 0.2) is 0 Å². The molecule has 3 rings (SSSR count). The van der Waals surface area contributed by atoms with Crippen molar-refractivity contribution in [1.82, 2.24) is 19.0 Å². The van der Waals surface area contributed by atoms with Crippen molar-refractivity contribution >= 4 is 15.9 Å². The summed E-state index contributed by atoms with van der Waals surface area (Å²) >= 11 is 0. The lowest BCUT2D eigenvalue weighted by Crippen LogP contribution is -2.46. The summed E-state index contributed by atoms with van der Waals surface area (Å²) in [5.74, 6) is -0.987. The molecule has 182 valence electrons. The van der Waals surface area contributed by atoms with Crippen molar-refractivity contribution in [2.24, 2.45) is 13.0 Å². The Morgan fingerprint density at radius 1 is 1.27 bits per heavy atom. The summed E-state index contributed by atoms with van der Waals surface area (Å²) in [6.45, 7) is 4.45. The monoisotopic (exact) mass is 488 g/mol. The van der Waals surface area contributed by atoms with E-state index in [2.05, 4.69) is 9.84 Å². The summed E-state index contributed by atoms with van der Waals surface area (Å²) in [7, 11) is -2.22. The molecule has 1 saturated heterocycles. The van der Waals surface area contributed by atoms with Gasteiger partial charge in [-0.3, -0.25) is 9.48 Å². The number of aromatic nitrogens is 2. The van der Waals surface area contributed by atoms with Gasteiger partial charge in [-0.05, 0) is 38.8 Å². The van der Waals surface area contributed by atoms with Gasteiger partial charge in [0.2, 0.25) is 15.9 Å². The minimum Gasteiger partial charge on any atom is -0.406 e. The van der Waals surface area contributed by atoms with Gasteiger partial charge < -0.3 is 9.64 Å². The first kappa shape index (κ1) is 25.0. The molecule has 0 N–H and O–H groups in total. The molecule has 0 radical (unpaired) electrons. The van der Waals surface area contributed by atoms with Crippen molar-refractivity contribution in [3.05, 3.63) is 42.2 Å². The zero-order chi connectivity index (χ0) is 24.4. The molecule has 2 heterocycles. The first-order valence-electron chi connectivity index (χ1n) is 10.5. The number of nitrogens with zero attached hydrogens (tertiary/aromatic N) is 4. The van der Waals surface area contributed by atoms with Crippen LogP contribution in [0.25, 0.3) is 0 Å². The van der Waals surface area contributed by atoms with E-state index < -0.39 is 22.1 Å². The van der Waals surface area contributed by atoms with Crippen LogP contribution in [0.15, 0.2) is 41.6 Å². The van der Waals surface area contributed by atoms with E-state index in [4.69, 9.17) is 0 Å². The van der Waals surface area contributed by atoms with Gasteiger partial charge in [0.05, 0.1) is 11.1 Å². The summed E-state index contributed by atoms with van der Waals surface area (Å²) in [6.07, 6.45) is -0.720. The van der Waals surface area contributed by atoms with Gasteiger partial charge in [-0.15, -0.1) is 13.2 Å². The van der Waals surface area contributed by atoms with Crippen LogP contribution in [0.4, 0.5) is 13.2 Å². The van der Waals surface area contributed by atoms with Crippen molar-refractivity contribution in [1.29, 1.82) is 0 Å². The van der Waals surface area contributed by atoms with Gasteiger partial charge in [-0.25, -0.2) is 8.42 Å². The molecule has 0 saturated carbocycles. The van der Waals surface area contributed by atoms with E-state index in [1.165, 1.54) is 16.4 Å². The van der Waals surface area contributed by atoms with E-state index in [1.807, 2.05) is 20.0 Å². The van der Waals surface area contributed by atoms with Crippen LogP contribution in [0.1, 0.15) is 32.3 Å². The summed E-state index contributed by atoms with van der Waals surface area (Å²) in [5.41, 5.74) is 0.903. The number of sulfonamides is 1. The standard InChI is InChI=1S/C21H27F3N4O4S/c1-15(2)28(14-16-12-25-26(3)13-16)20(29)17-7-9-27(10-8-17)33(30,31)19-6-4-5-18(11-19)32-21(22,23)24/h4-6,11-13,15,17H,7-10,14H2,1-3H3. The van der Waals surface area contributed by atoms with Gasteiger partial charge in [0.1, 0.15) is 5.75 Å². The number of amides is 1. The van der Waals surface area contributed by atoms with Gasteiger partial charge >= 0.3 is 6.36 Å². The number of hydrogen-bond acceptors (Lipinski definition) is 5. The Morgan fingerprint density at radius 3 is 2.48 bits per heavy atom. The quantitative estimate of drug-likeness (QED) is 0.598. The topological polar surface area (TPSA) is 84.7 Å². The maximum atomic E-state index is 13.2. The normalized spacial score (nSPS) is 16.2. The van der Waals surface area contributed by atoms with Crippen LogP contribution in [0.2, 0.25) is 0 Å². The van der Waals surface area contributed by atoms with Crippen LogP contribution in [0, 0.1) is 5.92 Å². The molecule has 1 aromatic heterocycles. The van der Waals surface area contributed by atoms with E-state index in [0.717, 1.165) is 17.7 Å². The molecule has 33 heavy (non-hydrogen) atoms. The molecule has 0 aliphatic carbocycles. The molecule has 1 aliphatic heterocycles. The Labute approximate surface area is 191 Å². The summed E-state index contributed by atoms with van der Waals surface area (Å²) in [5, 5.41) is 4.13. The molecule has 2 aromatic rings. The number of alkyl halides is 3. The number of halogens is 3. The van der Waals surface area contributed by atoms with Crippen molar-refractivity contribution in [3.8, 4) is 5.75 Å². The smallest absolute Gasteiger partial charge is 0.406 e. The average molecular weight is 489 g/mol. The fourth-order valence-electron chi connectivity index (χ4n) is 3.82. The van der Waals surface area contributed by atoms with Gasteiger partial charge in [0, 0.05) is 56.5 Å². The van der Waals surface area contributed by atoms with E-state index in [0.29, 0.717) is 19.4 Å². The van der Waals surface area contributed by atoms with Crippen LogP contribution in [-0.4, -0.2) is 58.8 Å². The molecule has 0 spiro atoms. The van der Waals surface area contributed by atoms with Gasteiger partial charge in [-0.2, -0.15) is 9.40 Å². The Balaban J connectivity index is 1.66. The Bertz CT molecular complexity index is 1080.